The molecule has 90 valence electrons. The maximum Gasteiger partial charge on any atom is 0.264 e. The van der Waals surface area contributed by atoms with Gasteiger partial charge in [0.2, 0.25) is 5.91 Å². The van der Waals surface area contributed by atoms with Crippen molar-refractivity contribution in [2.45, 2.75) is 4.90 Å². The molecule has 0 spiro atoms. The Bertz CT molecular complexity index is 499. The van der Waals surface area contributed by atoms with Crippen LogP contribution in [0.5, 0.6) is 0 Å². The number of carbonyl (C=O) groups excluding carboxylic acids is 1. The zero-order chi connectivity index (χ0) is 12.3. The molecule has 0 radical (unpaired) electrons. The topological polar surface area (TPSA) is 98.5 Å². The van der Waals surface area contributed by atoms with Gasteiger partial charge in [-0.25, -0.2) is 8.42 Å². The average molecular weight is 305 g/mol. The Balaban J connectivity index is 2.78. The number of primary amides is 1. The van der Waals surface area contributed by atoms with E-state index in [1.165, 1.54) is 6.07 Å². The summed E-state index contributed by atoms with van der Waals surface area (Å²) in [5, 5.41) is 0. The molecule has 6 nitrogen and oxygen atoms in total. The molecule has 0 atom stereocenters. The zero-order valence-electron chi connectivity index (χ0n) is 7.57. The van der Waals surface area contributed by atoms with Gasteiger partial charge in [0, 0.05) is 0 Å². The molecule has 0 fully saturated rings. The van der Waals surface area contributed by atoms with Crippen molar-refractivity contribution in [1.29, 1.82) is 0 Å². The van der Waals surface area contributed by atoms with Gasteiger partial charge < -0.3 is 5.73 Å². The number of thiophene rings is 1. The second-order valence-electron chi connectivity index (χ2n) is 2.53. The molecule has 0 aliphatic heterocycles. The van der Waals surface area contributed by atoms with Crippen molar-refractivity contribution < 1.29 is 18.0 Å². The summed E-state index contributed by atoms with van der Waals surface area (Å²) in [5.74, 6) is -0.808. The Morgan fingerprint density at radius 2 is 2.19 bits per heavy atom. The van der Waals surface area contributed by atoms with E-state index >= 15 is 0 Å². The van der Waals surface area contributed by atoms with E-state index in [9.17, 15) is 13.2 Å². The molecule has 0 aromatic carbocycles. The van der Waals surface area contributed by atoms with Crippen molar-refractivity contribution in [1.82, 2.24) is 4.89 Å². The van der Waals surface area contributed by atoms with Crippen LogP contribution in [-0.4, -0.2) is 20.9 Å². The lowest BCUT2D eigenvalue weighted by Crippen LogP contribution is -2.29. The molecule has 1 rings (SSSR count). The highest BCUT2D eigenvalue weighted by molar-refractivity contribution is 7.89. The predicted octanol–water partition coefficient (Wildman–Crippen LogP) is 0.750. The molecule has 0 bridgehead atoms. The maximum absolute atomic E-state index is 11.5. The summed E-state index contributed by atoms with van der Waals surface area (Å²) in [4.78, 5) is 16.2. The van der Waals surface area contributed by atoms with E-state index in [2.05, 4.69) is 4.84 Å². The Morgan fingerprint density at radius 3 is 2.62 bits per heavy atom. The highest BCUT2D eigenvalue weighted by atomic mass is 35.5. The lowest BCUT2D eigenvalue weighted by Gasteiger charge is -2.03. The van der Waals surface area contributed by atoms with Crippen LogP contribution in [0.4, 0.5) is 0 Å². The van der Waals surface area contributed by atoms with Crippen LogP contribution in [-0.2, 0) is 19.7 Å². The molecule has 16 heavy (non-hydrogen) atoms. The summed E-state index contributed by atoms with van der Waals surface area (Å²) in [7, 11) is -3.95. The van der Waals surface area contributed by atoms with Crippen LogP contribution in [0.1, 0.15) is 0 Å². The quantitative estimate of drug-likeness (QED) is 0.784. The number of carbonyl (C=O) groups is 1. The van der Waals surface area contributed by atoms with Gasteiger partial charge in [0.15, 0.2) is 0 Å². The third kappa shape index (κ3) is 3.58. The van der Waals surface area contributed by atoms with E-state index in [0.717, 1.165) is 11.3 Å². The summed E-state index contributed by atoms with van der Waals surface area (Å²) in [6, 6.07) is 1.17. The van der Waals surface area contributed by atoms with E-state index in [1.54, 1.807) is 4.89 Å². The Hall–Kier alpha value is -0.380. The van der Waals surface area contributed by atoms with Crippen molar-refractivity contribution in [2.24, 2.45) is 5.73 Å². The van der Waals surface area contributed by atoms with Crippen LogP contribution < -0.4 is 10.6 Å². The molecule has 0 saturated heterocycles. The van der Waals surface area contributed by atoms with E-state index in [4.69, 9.17) is 28.9 Å². The summed E-state index contributed by atoms with van der Waals surface area (Å²) >= 11 is 12.1. The third-order valence-electron chi connectivity index (χ3n) is 1.30. The fourth-order valence-corrected chi connectivity index (χ4v) is 3.69. The molecule has 1 heterocycles. The molecule has 0 aliphatic carbocycles. The van der Waals surface area contributed by atoms with Gasteiger partial charge in [-0.05, 0) is 6.07 Å². The summed E-state index contributed by atoms with van der Waals surface area (Å²) in [5.41, 5.74) is 4.75. The molecule has 10 heteroatoms. The lowest BCUT2D eigenvalue weighted by molar-refractivity contribution is -0.123. The van der Waals surface area contributed by atoms with Gasteiger partial charge >= 0.3 is 0 Å². The van der Waals surface area contributed by atoms with Crippen molar-refractivity contribution in [3.63, 3.8) is 0 Å². The van der Waals surface area contributed by atoms with E-state index in [-0.39, 0.29) is 13.6 Å². The number of hydrogen-bond donors (Lipinski definition) is 2. The minimum atomic E-state index is -3.95. The van der Waals surface area contributed by atoms with Crippen LogP contribution in [0, 0.1) is 0 Å². The molecular formula is C6H6Cl2N2O4S2. The van der Waals surface area contributed by atoms with Gasteiger partial charge in [0.25, 0.3) is 10.0 Å². The SMILES string of the molecule is NC(=O)CONS(=O)(=O)c1cc(Cl)sc1Cl. The third-order valence-corrected chi connectivity index (χ3v) is 4.27. The minimum Gasteiger partial charge on any atom is -0.368 e. The highest BCUT2D eigenvalue weighted by Gasteiger charge is 2.21. The predicted molar refractivity (Wildman–Crippen MR) is 59.8 cm³/mol. The average Bonchev–Trinajstić information content (AvgIpc) is 2.44. The monoisotopic (exact) mass is 304 g/mol. The first-order chi connectivity index (χ1) is 7.33. The summed E-state index contributed by atoms with van der Waals surface area (Å²) < 4.78 is 23.3. The summed E-state index contributed by atoms with van der Waals surface area (Å²) in [6.45, 7) is -0.575. The summed E-state index contributed by atoms with van der Waals surface area (Å²) in [6.07, 6.45) is 0. The standard InChI is InChI=1S/C6H6Cl2N2O4S2/c7-4-1-3(6(8)15-4)16(12,13)10-14-2-5(9)11/h1,10H,2H2,(H2,9,11). The molecule has 0 saturated carbocycles. The number of hydrogen-bond acceptors (Lipinski definition) is 5. The van der Waals surface area contributed by atoms with Crippen LogP contribution >= 0.6 is 34.5 Å². The van der Waals surface area contributed by atoms with Gasteiger partial charge in [-0.15, -0.1) is 11.3 Å². The van der Waals surface area contributed by atoms with Crippen LogP contribution in [0.2, 0.25) is 8.67 Å². The Morgan fingerprint density at radius 1 is 1.56 bits per heavy atom. The van der Waals surface area contributed by atoms with Crippen LogP contribution in [0.3, 0.4) is 0 Å². The van der Waals surface area contributed by atoms with Gasteiger partial charge in [0.05, 0.1) is 4.34 Å². The molecule has 0 aliphatic rings. The Labute approximate surface area is 105 Å². The number of nitrogens with one attached hydrogen (secondary N) is 1. The van der Waals surface area contributed by atoms with Gasteiger partial charge in [-0.1, -0.05) is 28.1 Å². The van der Waals surface area contributed by atoms with Crippen molar-refractivity contribution in [3.8, 4) is 0 Å². The Kier molecular flexibility index (Phi) is 4.53. The largest absolute Gasteiger partial charge is 0.368 e. The van der Waals surface area contributed by atoms with E-state index in [1.807, 2.05) is 0 Å². The first kappa shape index (κ1) is 13.7. The normalized spacial score (nSPS) is 11.6. The van der Waals surface area contributed by atoms with Crippen molar-refractivity contribution >= 4 is 50.5 Å². The van der Waals surface area contributed by atoms with Crippen LogP contribution in [0.15, 0.2) is 11.0 Å². The van der Waals surface area contributed by atoms with E-state index in [0.29, 0.717) is 0 Å². The molecule has 1 aromatic rings. The molecule has 3 N–H and O–H groups in total. The lowest BCUT2D eigenvalue weighted by atomic mass is 10.7. The second-order valence-corrected chi connectivity index (χ2v) is 6.43. The molecule has 0 unspecified atom stereocenters. The molecule has 1 amide bonds. The number of sulfonamides is 1. The number of rotatable bonds is 5. The van der Waals surface area contributed by atoms with Crippen molar-refractivity contribution in [2.75, 3.05) is 6.61 Å². The van der Waals surface area contributed by atoms with Gasteiger partial charge in [-0.2, -0.15) is 0 Å². The maximum atomic E-state index is 11.5. The molecular weight excluding hydrogens is 299 g/mol. The van der Waals surface area contributed by atoms with Gasteiger partial charge in [0.1, 0.15) is 15.8 Å². The fourth-order valence-electron chi connectivity index (χ4n) is 0.731. The van der Waals surface area contributed by atoms with E-state index < -0.39 is 22.5 Å². The fraction of sp³-hybridized carbons (Fsp3) is 0.167. The van der Waals surface area contributed by atoms with Crippen molar-refractivity contribution in [3.05, 3.63) is 14.7 Å². The minimum absolute atomic E-state index is 0.000162. The smallest absolute Gasteiger partial charge is 0.264 e. The first-order valence-corrected chi connectivity index (χ1v) is 6.75. The highest BCUT2D eigenvalue weighted by Crippen LogP contribution is 2.33. The second kappa shape index (κ2) is 5.30. The zero-order valence-corrected chi connectivity index (χ0v) is 10.7. The van der Waals surface area contributed by atoms with Gasteiger partial charge in [-0.3, -0.25) is 9.63 Å². The van der Waals surface area contributed by atoms with Crippen LogP contribution in [0.25, 0.3) is 0 Å². The number of amides is 1. The number of halogens is 2. The molecule has 1 aromatic heterocycles. The number of nitrogens with two attached hydrogens (primary N) is 1. The first-order valence-electron chi connectivity index (χ1n) is 3.69.